The van der Waals surface area contributed by atoms with Gasteiger partial charge in [0.2, 0.25) is 0 Å². The van der Waals surface area contributed by atoms with Crippen LogP contribution in [0.4, 0.5) is 0 Å². The summed E-state index contributed by atoms with van der Waals surface area (Å²) in [7, 11) is 0. The maximum atomic E-state index is 11.8. The minimum atomic E-state index is -1.49. The van der Waals surface area contributed by atoms with Gasteiger partial charge in [-0.2, -0.15) is 0 Å². The molecule has 0 amide bonds. The van der Waals surface area contributed by atoms with Gasteiger partial charge >= 0.3 is 5.97 Å². The average Bonchev–Trinajstić information content (AvgIpc) is 2.52. The minimum Gasteiger partial charge on any atom is -0.462 e. The van der Waals surface area contributed by atoms with E-state index in [1.807, 2.05) is 20.8 Å². The molecule has 5 heteroatoms. The Morgan fingerprint density at radius 1 is 1.27 bits per heavy atom. The summed E-state index contributed by atoms with van der Waals surface area (Å²) in [5.41, 5.74) is -2.93. The molecule has 0 bridgehead atoms. The van der Waals surface area contributed by atoms with Crippen LogP contribution in [0.3, 0.4) is 0 Å². The Morgan fingerprint density at radius 3 is 2.32 bits per heavy atom. The van der Waals surface area contributed by atoms with Crippen LogP contribution in [-0.2, 0) is 19.1 Å². The molecule has 0 heterocycles. The van der Waals surface area contributed by atoms with Gasteiger partial charge in [0, 0.05) is 18.8 Å². The molecular formula is C17H26O5. The Labute approximate surface area is 131 Å². The van der Waals surface area contributed by atoms with E-state index >= 15 is 0 Å². The Kier molecular flexibility index (Phi) is 4.01. The lowest BCUT2D eigenvalue weighted by molar-refractivity contribution is -0.204. The summed E-state index contributed by atoms with van der Waals surface area (Å²) in [6, 6.07) is 0. The summed E-state index contributed by atoms with van der Waals surface area (Å²) in [5.74, 6) is -1.64. The highest BCUT2D eigenvalue weighted by Gasteiger charge is 2.72. The fourth-order valence-electron chi connectivity index (χ4n) is 5.31. The highest BCUT2D eigenvalue weighted by molar-refractivity contribution is 5.69. The second-order valence-corrected chi connectivity index (χ2v) is 8.03. The van der Waals surface area contributed by atoms with E-state index < -0.39 is 40.3 Å². The first-order valence-corrected chi connectivity index (χ1v) is 7.84. The van der Waals surface area contributed by atoms with Gasteiger partial charge in [0.25, 0.3) is 0 Å². The number of carbonyl (C=O) groups excluding carboxylic acids is 3. The van der Waals surface area contributed by atoms with Crippen molar-refractivity contribution in [3.8, 4) is 0 Å². The number of rotatable bonds is 3. The van der Waals surface area contributed by atoms with Gasteiger partial charge in [0.15, 0.2) is 0 Å². The summed E-state index contributed by atoms with van der Waals surface area (Å²) < 4.78 is 5.48. The molecule has 22 heavy (non-hydrogen) atoms. The Morgan fingerprint density at radius 2 is 1.86 bits per heavy atom. The van der Waals surface area contributed by atoms with Gasteiger partial charge in [0.05, 0.1) is 11.0 Å². The van der Waals surface area contributed by atoms with Gasteiger partial charge in [-0.1, -0.05) is 27.7 Å². The molecule has 5 nitrogen and oxygen atoms in total. The van der Waals surface area contributed by atoms with Crippen molar-refractivity contribution in [2.24, 2.45) is 28.6 Å². The molecule has 0 aromatic rings. The maximum Gasteiger partial charge on any atom is 0.302 e. The zero-order valence-electron chi connectivity index (χ0n) is 14.0. The van der Waals surface area contributed by atoms with Crippen molar-refractivity contribution < 1.29 is 24.2 Å². The van der Waals surface area contributed by atoms with E-state index in [0.717, 1.165) is 12.6 Å². The van der Waals surface area contributed by atoms with Crippen LogP contribution in [0.15, 0.2) is 0 Å². The highest BCUT2D eigenvalue weighted by atomic mass is 16.5. The first-order valence-electron chi connectivity index (χ1n) is 7.84. The first kappa shape index (κ1) is 17.1. The van der Waals surface area contributed by atoms with Crippen LogP contribution in [-0.4, -0.2) is 35.4 Å². The van der Waals surface area contributed by atoms with E-state index in [4.69, 9.17) is 4.74 Å². The molecule has 0 aromatic heterocycles. The monoisotopic (exact) mass is 310 g/mol. The summed E-state index contributed by atoms with van der Waals surface area (Å²) in [6.07, 6.45) is 2.04. The van der Waals surface area contributed by atoms with Crippen molar-refractivity contribution in [3.05, 3.63) is 0 Å². The minimum absolute atomic E-state index is 0.156. The summed E-state index contributed by atoms with van der Waals surface area (Å²) in [6.45, 7) is 8.84. The highest BCUT2D eigenvalue weighted by Crippen LogP contribution is 2.65. The Balaban J connectivity index is 2.61. The number of hydrogen-bond donors (Lipinski definition) is 1. The third kappa shape index (κ3) is 2.13. The Hall–Kier alpha value is -1.23. The molecule has 6 atom stereocenters. The Bertz CT molecular complexity index is 499. The molecule has 0 aromatic carbocycles. The predicted octanol–water partition coefficient (Wildman–Crippen LogP) is 1.76. The number of esters is 1. The smallest absolute Gasteiger partial charge is 0.302 e. The lowest BCUT2D eigenvalue weighted by Gasteiger charge is -2.53. The topological polar surface area (TPSA) is 80.7 Å². The lowest BCUT2D eigenvalue weighted by atomic mass is 9.56. The normalized spacial score (nSPS) is 46.6. The quantitative estimate of drug-likeness (QED) is 0.634. The molecule has 2 saturated carbocycles. The van der Waals surface area contributed by atoms with E-state index in [9.17, 15) is 19.5 Å². The molecule has 2 rings (SSSR count). The van der Waals surface area contributed by atoms with Crippen LogP contribution in [0.5, 0.6) is 0 Å². The number of fused-ring (bicyclic) bond motifs is 1. The third-order valence-corrected chi connectivity index (χ3v) is 5.87. The molecule has 1 N–H and O–H groups in total. The van der Waals surface area contributed by atoms with Crippen molar-refractivity contribution >= 4 is 18.5 Å². The van der Waals surface area contributed by atoms with Crippen molar-refractivity contribution in [1.82, 2.24) is 0 Å². The second-order valence-electron chi connectivity index (χ2n) is 8.03. The molecule has 124 valence electrons. The van der Waals surface area contributed by atoms with Crippen LogP contribution >= 0.6 is 0 Å². The zero-order chi connectivity index (χ0) is 16.9. The van der Waals surface area contributed by atoms with E-state index in [0.29, 0.717) is 12.8 Å². The predicted molar refractivity (Wildman–Crippen MR) is 79.9 cm³/mol. The van der Waals surface area contributed by atoms with Gasteiger partial charge in [-0.25, -0.2) is 0 Å². The van der Waals surface area contributed by atoms with Crippen LogP contribution < -0.4 is 0 Å². The van der Waals surface area contributed by atoms with Crippen LogP contribution in [0, 0.1) is 28.6 Å². The second kappa shape index (κ2) is 5.15. The molecule has 2 aliphatic rings. The molecule has 0 unspecified atom stereocenters. The van der Waals surface area contributed by atoms with Crippen molar-refractivity contribution in [2.75, 3.05) is 0 Å². The number of carbonyl (C=O) groups is 3. The summed E-state index contributed by atoms with van der Waals surface area (Å²) in [5, 5.41) is 11.5. The van der Waals surface area contributed by atoms with E-state index in [2.05, 4.69) is 0 Å². The third-order valence-electron chi connectivity index (χ3n) is 5.87. The zero-order valence-corrected chi connectivity index (χ0v) is 14.0. The van der Waals surface area contributed by atoms with Gasteiger partial charge in [-0.05, 0) is 24.2 Å². The van der Waals surface area contributed by atoms with Crippen molar-refractivity contribution in [3.63, 3.8) is 0 Å². The molecule has 0 spiro atoms. The molecule has 0 aliphatic heterocycles. The van der Waals surface area contributed by atoms with E-state index in [-0.39, 0.29) is 5.92 Å². The van der Waals surface area contributed by atoms with Crippen LogP contribution in [0.25, 0.3) is 0 Å². The van der Waals surface area contributed by atoms with Crippen molar-refractivity contribution in [1.29, 1.82) is 0 Å². The number of aldehydes is 2. The fraction of sp³-hybridized carbons (Fsp3) is 0.824. The number of aliphatic hydroxyl groups is 1. The molecule has 0 saturated heterocycles. The van der Waals surface area contributed by atoms with Gasteiger partial charge < -0.3 is 19.4 Å². The van der Waals surface area contributed by atoms with Crippen LogP contribution in [0.2, 0.25) is 0 Å². The SMILES string of the molecule is CC(=O)O[C@H]1C[C@@H](C)[C@H](C=O)[C@@]2(O)[C@@H]1C(C)(C)C[C@]2(C)C=O. The standard InChI is InChI=1S/C17H26O5/c1-10-6-13(22-11(2)20)14-15(3,4)8-16(5,9-19)17(14,21)12(10)7-18/h7,9-10,12-14,21H,6,8H2,1-5H3/t10-,12+,13+,14+,16-,17-/m1/s1. The first-order chi connectivity index (χ1) is 10.0. The van der Waals surface area contributed by atoms with Gasteiger partial charge in [0.1, 0.15) is 18.7 Å². The maximum absolute atomic E-state index is 11.8. The van der Waals surface area contributed by atoms with Gasteiger partial charge in [-0.15, -0.1) is 0 Å². The van der Waals surface area contributed by atoms with E-state index in [1.54, 1.807) is 6.92 Å². The average molecular weight is 310 g/mol. The number of ether oxygens (including phenoxy) is 1. The summed E-state index contributed by atoms with van der Waals surface area (Å²) >= 11 is 0. The van der Waals surface area contributed by atoms with E-state index in [1.165, 1.54) is 6.92 Å². The van der Waals surface area contributed by atoms with Crippen LogP contribution in [0.1, 0.15) is 47.5 Å². The largest absolute Gasteiger partial charge is 0.462 e. The molecule has 0 radical (unpaired) electrons. The van der Waals surface area contributed by atoms with Crippen molar-refractivity contribution in [2.45, 2.75) is 59.2 Å². The van der Waals surface area contributed by atoms with Gasteiger partial charge in [-0.3, -0.25) is 4.79 Å². The molecule has 2 aliphatic carbocycles. The molecule has 2 fully saturated rings. The summed E-state index contributed by atoms with van der Waals surface area (Å²) in [4.78, 5) is 34.9. The molecular weight excluding hydrogens is 284 g/mol. The lowest BCUT2D eigenvalue weighted by Crippen LogP contribution is -2.63. The number of hydrogen-bond acceptors (Lipinski definition) is 5. The fourth-order valence-corrected chi connectivity index (χ4v) is 5.31.